The third-order valence-electron chi connectivity index (χ3n) is 5.14. The number of amides is 1. The molecule has 1 aromatic carbocycles. The first-order chi connectivity index (χ1) is 13.1. The highest BCUT2D eigenvalue weighted by atomic mass is 16.5. The number of hydrogen-bond donors (Lipinski definition) is 1. The first kappa shape index (κ1) is 19.1. The Morgan fingerprint density at radius 1 is 1.15 bits per heavy atom. The second-order valence-corrected chi connectivity index (χ2v) is 7.31. The molecule has 0 saturated carbocycles. The molecule has 1 atom stereocenters. The number of ether oxygens (including phenoxy) is 1. The smallest absolute Gasteiger partial charge is 0.225 e. The first-order valence-corrected chi connectivity index (χ1v) is 9.54. The molecule has 0 unspecified atom stereocenters. The summed E-state index contributed by atoms with van der Waals surface area (Å²) >= 11 is 0. The van der Waals surface area contributed by atoms with Crippen molar-refractivity contribution in [2.75, 3.05) is 25.1 Å². The molecule has 0 radical (unpaired) electrons. The molecule has 1 aliphatic rings. The monoisotopic (exact) mass is 368 g/mol. The number of anilines is 1. The van der Waals surface area contributed by atoms with Gasteiger partial charge in [0, 0.05) is 31.4 Å². The van der Waals surface area contributed by atoms with E-state index in [1.165, 1.54) is 0 Å². The van der Waals surface area contributed by atoms with Crippen LogP contribution in [0.5, 0.6) is 5.75 Å². The molecule has 1 N–H and O–H groups in total. The van der Waals surface area contributed by atoms with Gasteiger partial charge in [-0.05, 0) is 42.5 Å². The van der Waals surface area contributed by atoms with Gasteiger partial charge in [0.25, 0.3) is 0 Å². The van der Waals surface area contributed by atoms with Crippen LogP contribution in [0, 0.1) is 11.8 Å². The Labute approximate surface area is 161 Å². The fourth-order valence-electron chi connectivity index (χ4n) is 3.51. The van der Waals surface area contributed by atoms with Crippen molar-refractivity contribution >= 4 is 11.9 Å². The van der Waals surface area contributed by atoms with Crippen LogP contribution in [0.1, 0.15) is 38.3 Å². The van der Waals surface area contributed by atoms with E-state index in [9.17, 15) is 4.79 Å². The van der Waals surface area contributed by atoms with E-state index in [4.69, 9.17) is 4.74 Å². The van der Waals surface area contributed by atoms with Crippen LogP contribution in [0.15, 0.2) is 42.7 Å². The fraction of sp³-hybridized carbons (Fsp3) is 0.476. The molecule has 0 aliphatic carbocycles. The van der Waals surface area contributed by atoms with Crippen LogP contribution in [-0.2, 0) is 4.79 Å². The van der Waals surface area contributed by atoms with Gasteiger partial charge in [-0.3, -0.25) is 4.79 Å². The van der Waals surface area contributed by atoms with Gasteiger partial charge >= 0.3 is 0 Å². The molecule has 1 aliphatic heterocycles. The van der Waals surface area contributed by atoms with Gasteiger partial charge in [0.15, 0.2) is 0 Å². The van der Waals surface area contributed by atoms with Crippen LogP contribution in [0.25, 0.3) is 0 Å². The zero-order valence-electron chi connectivity index (χ0n) is 16.3. The van der Waals surface area contributed by atoms with Gasteiger partial charge in [-0.15, -0.1) is 0 Å². The summed E-state index contributed by atoms with van der Waals surface area (Å²) in [6.07, 6.45) is 5.14. The molecular weight excluding hydrogens is 340 g/mol. The maximum atomic E-state index is 12.9. The van der Waals surface area contributed by atoms with Gasteiger partial charge < -0.3 is 15.0 Å². The molecule has 0 bridgehead atoms. The van der Waals surface area contributed by atoms with Crippen molar-refractivity contribution in [3.63, 3.8) is 0 Å². The standard InChI is InChI=1S/C21H28N4O2/c1-15(2)19(16-5-7-18(27-3)8-6-16)24-20(26)17-9-13-25(14-10-17)21-22-11-4-12-23-21/h4-8,11-12,15,17,19H,9-10,13-14H2,1-3H3,(H,24,26)/t19-/m1/s1. The SMILES string of the molecule is COc1ccc([C@H](NC(=O)C2CCN(c3ncccn3)CC2)C(C)C)cc1. The highest BCUT2D eigenvalue weighted by Gasteiger charge is 2.28. The third kappa shape index (κ3) is 4.76. The molecule has 2 heterocycles. The Kier molecular flexibility index (Phi) is 6.27. The molecule has 2 aromatic rings. The van der Waals surface area contributed by atoms with Gasteiger partial charge in [0.2, 0.25) is 11.9 Å². The summed E-state index contributed by atoms with van der Waals surface area (Å²) in [5.74, 6) is 2.04. The molecule has 27 heavy (non-hydrogen) atoms. The molecular formula is C21H28N4O2. The lowest BCUT2D eigenvalue weighted by atomic mass is 9.92. The molecule has 6 nitrogen and oxygen atoms in total. The number of nitrogens with zero attached hydrogens (tertiary/aromatic N) is 3. The topological polar surface area (TPSA) is 67.3 Å². The number of benzene rings is 1. The highest BCUT2D eigenvalue weighted by Crippen LogP contribution is 2.26. The Hall–Kier alpha value is -2.63. The predicted octanol–water partition coefficient (Wildman–Crippen LogP) is 3.22. The maximum absolute atomic E-state index is 12.9. The number of aromatic nitrogens is 2. The summed E-state index contributed by atoms with van der Waals surface area (Å²) < 4.78 is 5.23. The summed E-state index contributed by atoms with van der Waals surface area (Å²) in [4.78, 5) is 23.6. The van der Waals surface area contributed by atoms with E-state index in [1.54, 1.807) is 19.5 Å². The molecule has 1 amide bonds. The Bertz CT molecular complexity index is 726. The molecule has 144 valence electrons. The van der Waals surface area contributed by atoms with Crippen molar-refractivity contribution in [1.29, 1.82) is 0 Å². The van der Waals surface area contributed by atoms with Crippen LogP contribution in [0.3, 0.4) is 0 Å². The largest absolute Gasteiger partial charge is 0.497 e. The van der Waals surface area contributed by atoms with Crippen LogP contribution in [-0.4, -0.2) is 36.1 Å². The maximum Gasteiger partial charge on any atom is 0.225 e. The van der Waals surface area contributed by atoms with Gasteiger partial charge in [-0.25, -0.2) is 9.97 Å². The summed E-state index contributed by atoms with van der Waals surface area (Å²) in [6, 6.07) is 9.75. The highest BCUT2D eigenvalue weighted by molar-refractivity contribution is 5.79. The second kappa shape index (κ2) is 8.84. The zero-order valence-corrected chi connectivity index (χ0v) is 16.3. The number of carbonyl (C=O) groups is 1. The molecule has 1 aromatic heterocycles. The Morgan fingerprint density at radius 3 is 2.33 bits per heavy atom. The van der Waals surface area contributed by atoms with E-state index < -0.39 is 0 Å². The van der Waals surface area contributed by atoms with Gasteiger partial charge in [0.1, 0.15) is 5.75 Å². The summed E-state index contributed by atoms with van der Waals surface area (Å²) in [5.41, 5.74) is 1.11. The zero-order chi connectivity index (χ0) is 19.2. The van der Waals surface area contributed by atoms with Crippen molar-refractivity contribution in [2.24, 2.45) is 11.8 Å². The van der Waals surface area contributed by atoms with Gasteiger partial charge in [0.05, 0.1) is 13.2 Å². The van der Waals surface area contributed by atoms with Crippen LogP contribution >= 0.6 is 0 Å². The molecule has 3 rings (SSSR count). The number of rotatable bonds is 6. The molecule has 0 spiro atoms. The van der Waals surface area contributed by atoms with E-state index in [1.807, 2.05) is 30.3 Å². The van der Waals surface area contributed by atoms with E-state index in [2.05, 4.69) is 34.0 Å². The van der Waals surface area contributed by atoms with Crippen molar-refractivity contribution in [3.05, 3.63) is 48.3 Å². The van der Waals surface area contributed by atoms with Crippen molar-refractivity contribution < 1.29 is 9.53 Å². The quantitative estimate of drug-likeness (QED) is 0.848. The fourth-order valence-corrected chi connectivity index (χ4v) is 3.51. The van der Waals surface area contributed by atoms with E-state index in [0.29, 0.717) is 5.92 Å². The minimum absolute atomic E-state index is 0.00103. The lowest BCUT2D eigenvalue weighted by molar-refractivity contribution is -0.126. The summed E-state index contributed by atoms with van der Waals surface area (Å²) in [6.45, 7) is 5.86. The Balaban J connectivity index is 1.59. The summed E-state index contributed by atoms with van der Waals surface area (Å²) in [5, 5.41) is 3.27. The van der Waals surface area contributed by atoms with Gasteiger partial charge in [-0.2, -0.15) is 0 Å². The molecule has 1 saturated heterocycles. The van der Waals surface area contributed by atoms with Crippen molar-refractivity contribution in [3.8, 4) is 5.75 Å². The average molecular weight is 368 g/mol. The van der Waals surface area contributed by atoms with Gasteiger partial charge in [-0.1, -0.05) is 26.0 Å². The van der Waals surface area contributed by atoms with E-state index >= 15 is 0 Å². The number of piperidine rings is 1. The lowest BCUT2D eigenvalue weighted by Crippen LogP contribution is -2.43. The average Bonchev–Trinajstić information content (AvgIpc) is 2.72. The van der Waals surface area contributed by atoms with E-state index in [0.717, 1.165) is 43.2 Å². The lowest BCUT2D eigenvalue weighted by Gasteiger charge is -2.32. The van der Waals surface area contributed by atoms with Crippen molar-refractivity contribution in [2.45, 2.75) is 32.7 Å². The molecule has 1 fully saturated rings. The minimum Gasteiger partial charge on any atom is -0.497 e. The van der Waals surface area contributed by atoms with Crippen molar-refractivity contribution in [1.82, 2.24) is 15.3 Å². The predicted molar refractivity (Wildman–Crippen MR) is 106 cm³/mol. The Morgan fingerprint density at radius 2 is 1.78 bits per heavy atom. The van der Waals surface area contributed by atoms with E-state index in [-0.39, 0.29) is 17.9 Å². The van der Waals surface area contributed by atoms with Crippen LogP contribution in [0.4, 0.5) is 5.95 Å². The second-order valence-electron chi connectivity index (χ2n) is 7.31. The minimum atomic E-state index is -0.00103. The number of carbonyl (C=O) groups excluding carboxylic acids is 1. The van der Waals surface area contributed by atoms with Crippen LogP contribution in [0.2, 0.25) is 0 Å². The first-order valence-electron chi connectivity index (χ1n) is 9.54. The number of nitrogens with one attached hydrogen (secondary N) is 1. The molecule has 6 heteroatoms. The normalized spacial score (nSPS) is 16.2. The van der Waals surface area contributed by atoms with Crippen LogP contribution < -0.4 is 15.0 Å². The number of methoxy groups -OCH3 is 1. The number of hydrogen-bond acceptors (Lipinski definition) is 5. The summed E-state index contributed by atoms with van der Waals surface area (Å²) in [7, 11) is 1.66. The third-order valence-corrected chi connectivity index (χ3v) is 5.14.